The van der Waals surface area contributed by atoms with Crippen molar-refractivity contribution in [2.75, 3.05) is 37.6 Å². The second kappa shape index (κ2) is 8.63. The summed E-state index contributed by atoms with van der Waals surface area (Å²) in [5, 5.41) is 1.24. The van der Waals surface area contributed by atoms with Crippen LogP contribution in [0.4, 0.5) is 5.69 Å². The molecular formula is C26H29N5O. The first-order chi connectivity index (χ1) is 15.6. The summed E-state index contributed by atoms with van der Waals surface area (Å²) in [6.45, 7) is 7.20. The van der Waals surface area contributed by atoms with E-state index in [4.69, 9.17) is 0 Å². The van der Waals surface area contributed by atoms with E-state index in [2.05, 4.69) is 57.2 Å². The molecule has 0 aliphatic carbocycles. The van der Waals surface area contributed by atoms with E-state index >= 15 is 0 Å². The van der Waals surface area contributed by atoms with E-state index in [1.54, 1.807) is 22.4 Å². The fraction of sp³-hybridized carbons (Fsp3) is 0.308. The van der Waals surface area contributed by atoms with Gasteiger partial charge in [0.25, 0.3) is 0 Å². The highest BCUT2D eigenvalue weighted by molar-refractivity contribution is 5.92. The maximum Gasteiger partial charge on any atom is 0.332 e. The van der Waals surface area contributed by atoms with E-state index in [-0.39, 0.29) is 5.69 Å². The van der Waals surface area contributed by atoms with Crippen molar-refractivity contribution < 1.29 is 0 Å². The Bertz CT molecular complexity index is 1300. The second-order valence-electron chi connectivity index (χ2n) is 8.61. The third-order valence-corrected chi connectivity index (χ3v) is 6.41. The number of nitrogens with zero attached hydrogens (tertiary/aromatic N) is 5. The number of pyridine rings is 1. The van der Waals surface area contributed by atoms with Gasteiger partial charge in [-0.3, -0.25) is 14.5 Å². The lowest BCUT2D eigenvalue weighted by atomic mass is 10.1. The third-order valence-electron chi connectivity index (χ3n) is 6.41. The Hall–Kier alpha value is -3.38. The Morgan fingerprint density at radius 1 is 0.938 bits per heavy atom. The average Bonchev–Trinajstić information content (AvgIpc) is 3.16. The van der Waals surface area contributed by atoms with Crippen molar-refractivity contribution in [2.24, 2.45) is 7.05 Å². The highest BCUT2D eigenvalue weighted by Crippen LogP contribution is 2.27. The molecule has 0 radical (unpaired) electrons. The van der Waals surface area contributed by atoms with E-state index in [0.717, 1.165) is 56.0 Å². The molecule has 0 bridgehead atoms. The normalized spacial score (nSPS) is 14.9. The van der Waals surface area contributed by atoms with Crippen molar-refractivity contribution in [1.82, 2.24) is 19.0 Å². The number of imidazole rings is 1. The van der Waals surface area contributed by atoms with Crippen molar-refractivity contribution in [3.8, 4) is 5.69 Å². The first kappa shape index (κ1) is 20.5. The molecule has 2 aromatic heterocycles. The second-order valence-corrected chi connectivity index (χ2v) is 8.61. The number of hydrogen-bond donors (Lipinski definition) is 0. The van der Waals surface area contributed by atoms with E-state index in [1.807, 2.05) is 25.3 Å². The van der Waals surface area contributed by atoms with Gasteiger partial charge in [-0.1, -0.05) is 18.2 Å². The average molecular weight is 428 g/mol. The molecular weight excluding hydrogens is 398 g/mol. The largest absolute Gasteiger partial charge is 0.368 e. The number of fused-ring (bicyclic) bond motifs is 1. The molecule has 0 unspecified atom stereocenters. The van der Waals surface area contributed by atoms with Gasteiger partial charge < -0.3 is 9.47 Å². The first-order valence-electron chi connectivity index (χ1n) is 11.3. The fourth-order valence-corrected chi connectivity index (χ4v) is 4.54. The van der Waals surface area contributed by atoms with Crippen LogP contribution in [0, 0.1) is 6.92 Å². The van der Waals surface area contributed by atoms with Gasteiger partial charge in [-0.25, -0.2) is 4.79 Å². The summed E-state index contributed by atoms with van der Waals surface area (Å²) in [6, 6.07) is 19.0. The van der Waals surface area contributed by atoms with Crippen LogP contribution >= 0.6 is 0 Å². The number of anilines is 1. The van der Waals surface area contributed by atoms with Crippen LogP contribution in [0.1, 0.15) is 11.3 Å². The SMILES string of the molecule is Cc1ccc2c(N3CCN(CCc4cccc(-n5ccn(C)c5=O)c4)CC3)cccc2n1. The fourth-order valence-electron chi connectivity index (χ4n) is 4.54. The van der Waals surface area contributed by atoms with E-state index in [9.17, 15) is 4.79 Å². The maximum atomic E-state index is 12.2. The molecule has 3 heterocycles. The molecule has 2 aromatic carbocycles. The molecule has 0 atom stereocenters. The zero-order valence-corrected chi connectivity index (χ0v) is 18.7. The van der Waals surface area contributed by atoms with Crippen molar-refractivity contribution in [3.05, 3.63) is 88.7 Å². The van der Waals surface area contributed by atoms with E-state index < -0.39 is 0 Å². The van der Waals surface area contributed by atoms with Crippen LogP contribution < -0.4 is 10.6 Å². The zero-order valence-electron chi connectivity index (χ0n) is 18.7. The van der Waals surface area contributed by atoms with Gasteiger partial charge in [0, 0.05) is 68.9 Å². The van der Waals surface area contributed by atoms with Gasteiger partial charge in [0.05, 0.1) is 11.2 Å². The first-order valence-corrected chi connectivity index (χ1v) is 11.3. The van der Waals surface area contributed by atoms with Crippen LogP contribution in [-0.4, -0.2) is 51.7 Å². The highest BCUT2D eigenvalue weighted by atomic mass is 16.1. The van der Waals surface area contributed by atoms with Crippen LogP contribution in [0.5, 0.6) is 0 Å². The number of aromatic nitrogens is 3. The van der Waals surface area contributed by atoms with E-state index in [1.165, 1.54) is 16.6 Å². The summed E-state index contributed by atoms with van der Waals surface area (Å²) in [6.07, 6.45) is 4.60. The number of rotatable bonds is 5. The lowest BCUT2D eigenvalue weighted by Crippen LogP contribution is -2.47. The molecule has 0 N–H and O–H groups in total. The quantitative estimate of drug-likeness (QED) is 0.490. The van der Waals surface area contributed by atoms with Crippen LogP contribution in [0.3, 0.4) is 0 Å². The van der Waals surface area contributed by atoms with Gasteiger partial charge in [-0.2, -0.15) is 0 Å². The standard InChI is InChI=1S/C26H29N5O/c1-20-9-10-23-24(27-20)7-4-8-25(23)30-16-14-29(15-17-30)12-11-21-5-3-6-22(19-21)31-18-13-28(2)26(31)32/h3-10,13,18-19H,11-12,14-17H2,1-2H3. The minimum absolute atomic E-state index is 0.0166. The van der Waals surface area contributed by atoms with Crippen LogP contribution in [0.15, 0.2) is 71.8 Å². The molecule has 1 aliphatic heterocycles. The summed E-state index contributed by atoms with van der Waals surface area (Å²) in [5.74, 6) is 0. The molecule has 4 aromatic rings. The lowest BCUT2D eigenvalue weighted by Gasteiger charge is -2.36. The van der Waals surface area contributed by atoms with Gasteiger partial charge in [0.15, 0.2) is 0 Å². The van der Waals surface area contributed by atoms with Gasteiger partial charge in [-0.15, -0.1) is 0 Å². The predicted octanol–water partition coefficient (Wildman–Crippen LogP) is 3.40. The lowest BCUT2D eigenvalue weighted by molar-refractivity contribution is 0.261. The minimum atomic E-state index is -0.0166. The van der Waals surface area contributed by atoms with Gasteiger partial charge in [-0.05, 0) is 55.3 Å². The van der Waals surface area contributed by atoms with Crippen molar-refractivity contribution >= 4 is 16.6 Å². The summed E-state index contributed by atoms with van der Waals surface area (Å²) in [7, 11) is 1.78. The predicted molar refractivity (Wildman–Crippen MR) is 130 cm³/mol. The highest BCUT2D eigenvalue weighted by Gasteiger charge is 2.19. The number of aryl methyl sites for hydroxylation is 2. The molecule has 1 aliphatic rings. The molecule has 5 rings (SSSR count). The van der Waals surface area contributed by atoms with Crippen LogP contribution in [-0.2, 0) is 13.5 Å². The molecule has 1 saturated heterocycles. The Morgan fingerprint density at radius 3 is 2.53 bits per heavy atom. The third kappa shape index (κ3) is 4.06. The molecule has 0 spiro atoms. The van der Waals surface area contributed by atoms with Crippen molar-refractivity contribution in [2.45, 2.75) is 13.3 Å². The summed E-state index contributed by atoms with van der Waals surface area (Å²) in [5.41, 5.74) is 5.59. The summed E-state index contributed by atoms with van der Waals surface area (Å²) >= 11 is 0. The summed E-state index contributed by atoms with van der Waals surface area (Å²) < 4.78 is 3.29. The van der Waals surface area contributed by atoms with Gasteiger partial charge in [0.2, 0.25) is 0 Å². The molecule has 0 amide bonds. The molecule has 1 fully saturated rings. The Kier molecular flexibility index (Phi) is 5.53. The Morgan fingerprint density at radius 2 is 1.75 bits per heavy atom. The Labute approximate surface area is 188 Å². The molecule has 6 heteroatoms. The van der Waals surface area contributed by atoms with Crippen LogP contribution in [0.25, 0.3) is 16.6 Å². The Balaban J connectivity index is 1.22. The number of benzene rings is 2. The van der Waals surface area contributed by atoms with Crippen molar-refractivity contribution in [3.63, 3.8) is 0 Å². The van der Waals surface area contributed by atoms with Crippen LogP contribution in [0.2, 0.25) is 0 Å². The molecule has 0 saturated carbocycles. The summed E-state index contributed by atoms with van der Waals surface area (Å²) in [4.78, 5) is 21.9. The molecule has 6 nitrogen and oxygen atoms in total. The van der Waals surface area contributed by atoms with Gasteiger partial charge >= 0.3 is 5.69 Å². The van der Waals surface area contributed by atoms with Crippen molar-refractivity contribution in [1.29, 1.82) is 0 Å². The minimum Gasteiger partial charge on any atom is -0.368 e. The molecule has 164 valence electrons. The van der Waals surface area contributed by atoms with E-state index in [0.29, 0.717) is 0 Å². The number of piperazine rings is 1. The maximum absolute atomic E-state index is 12.2. The molecule has 32 heavy (non-hydrogen) atoms. The number of hydrogen-bond acceptors (Lipinski definition) is 4. The smallest absolute Gasteiger partial charge is 0.332 e. The monoisotopic (exact) mass is 427 g/mol. The van der Waals surface area contributed by atoms with Gasteiger partial charge in [0.1, 0.15) is 0 Å². The topological polar surface area (TPSA) is 46.3 Å². The zero-order chi connectivity index (χ0) is 22.1.